The largest absolute Gasteiger partial charge is 0.454 e. The Kier molecular flexibility index (Phi) is 4.83. The number of hydrogen-bond donors (Lipinski definition) is 1. The van der Waals surface area contributed by atoms with Crippen molar-refractivity contribution in [3.05, 3.63) is 71.8 Å². The van der Waals surface area contributed by atoms with E-state index in [0.29, 0.717) is 12.2 Å². The maximum atomic E-state index is 13.3. The summed E-state index contributed by atoms with van der Waals surface area (Å²) in [5.41, 5.74) is 5.40. The molecule has 2 aliphatic heterocycles. The normalized spacial score (nSPS) is 17.7. The summed E-state index contributed by atoms with van der Waals surface area (Å²) in [5.74, 6) is 1.62. The van der Waals surface area contributed by atoms with Gasteiger partial charge in [0.15, 0.2) is 11.5 Å². The van der Waals surface area contributed by atoms with E-state index in [-0.39, 0.29) is 18.6 Å². The fourth-order valence-corrected chi connectivity index (χ4v) is 4.97. The van der Waals surface area contributed by atoms with Gasteiger partial charge in [0.1, 0.15) is 0 Å². The van der Waals surface area contributed by atoms with Crippen LogP contribution in [0.15, 0.2) is 60.7 Å². The van der Waals surface area contributed by atoms with E-state index in [0.717, 1.165) is 65.2 Å². The van der Waals surface area contributed by atoms with Crippen LogP contribution < -0.4 is 19.7 Å². The van der Waals surface area contributed by atoms with Crippen LogP contribution in [0.5, 0.6) is 11.5 Å². The Hall–Kier alpha value is -3.80. The number of amides is 2. The first-order valence-corrected chi connectivity index (χ1v) is 11.8. The van der Waals surface area contributed by atoms with E-state index in [1.165, 1.54) is 0 Å². The van der Waals surface area contributed by atoms with Crippen LogP contribution in [0, 0.1) is 6.92 Å². The molecule has 0 aromatic heterocycles. The van der Waals surface area contributed by atoms with Gasteiger partial charge in [0, 0.05) is 24.3 Å². The van der Waals surface area contributed by atoms with Gasteiger partial charge in [0.25, 0.3) is 0 Å². The molecule has 3 aromatic rings. The number of fused-ring (bicyclic) bond motifs is 1. The molecule has 1 N–H and O–H groups in total. The molecule has 6 rings (SSSR count). The maximum Gasteiger partial charge on any atom is 0.235 e. The monoisotopic (exact) mass is 454 g/mol. The van der Waals surface area contributed by atoms with Gasteiger partial charge in [-0.15, -0.1) is 0 Å². The molecule has 2 fully saturated rings. The summed E-state index contributed by atoms with van der Waals surface area (Å²) in [5, 5.41) is 3.15. The van der Waals surface area contributed by atoms with Crippen molar-refractivity contribution in [2.45, 2.75) is 38.0 Å². The van der Waals surface area contributed by atoms with Crippen molar-refractivity contribution in [1.29, 1.82) is 0 Å². The molecular weight excluding hydrogens is 428 g/mol. The number of anilines is 2. The van der Waals surface area contributed by atoms with Gasteiger partial charge in [-0.3, -0.25) is 9.59 Å². The number of ether oxygens (including phenoxy) is 2. The summed E-state index contributed by atoms with van der Waals surface area (Å²) in [6, 6.07) is 19.9. The summed E-state index contributed by atoms with van der Waals surface area (Å²) in [7, 11) is 0. The maximum absolute atomic E-state index is 13.3. The zero-order valence-corrected chi connectivity index (χ0v) is 19.1. The van der Waals surface area contributed by atoms with Gasteiger partial charge in [-0.25, -0.2) is 0 Å². The molecule has 3 aliphatic rings. The molecule has 0 spiro atoms. The molecule has 1 aliphatic carbocycles. The Bertz CT molecular complexity index is 1290. The van der Waals surface area contributed by atoms with E-state index in [4.69, 9.17) is 9.47 Å². The van der Waals surface area contributed by atoms with Gasteiger partial charge >= 0.3 is 0 Å². The molecule has 2 amide bonds. The number of nitrogens with one attached hydrogen (secondary N) is 1. The third kappa shape index (κ3) is 3.50. The van der Waals surface area contributed by atoms with Gasteiger partial charge in [0.05, 0.1) is 5.41 Å². The molecule has 1 saturated heterocycles. The first kappa shape index (κ1) is 20.8. The molecule has 6 heteroatoms. The number of hydrogen-bond acceptors (Lipinski definition) is 4. The lowest BCUT2D eigenvalue weighted by molar-refractivity contribution is -0.118. The fourth-order valence-electron chi connectivity index (χ4n) is 4.97. The van der Waals surface area contributed by atoms with Crippen LogP contribution in [0.25, 0.3) is 11.1 Å². The first-order valence-electron chi connectivity index (χ1n) is 11.8. The van der Waals surface area contributed by atoms with E-state index >= 15 is 0 Å². The highest BCUT2D eigenvalue weighted by atomic mass is 16.7. The number of aryl methyl sites for hydroxylation is 1. The van der Waals surface area contributed by atoms with Gasteiger partial charge in [0.2, 0.25) is 18.6 Å². The fraction of sp³-hybridized carbons (Fsp3) is 0.286. The van der Waals surface area contributed by atoms with Crippen LogP contribution in [0.2, 0.25) is 0 Å². The van der Waals surface area contributed by atoms with Crippen LogP contribution in [-0.2, 0) is 15.0 Å². The Labute approximate surface area is 198 Å². The zero-order valence-electron chi connectivity index (χ0n) is 19.1. The number of carbonyl (C=O) groups is 2. The second-order valence-electron chi connectivity index (χ2n) is 9.33. The third-order valence-electron chi connectivity index (χ3n) is 7.17. The molecule has 34 heavy (non-hydrogen) atoms. The van der Waals surface area contributed by atoms with Crippen molar-refractivity contribution in [2.24, 2.45) is 0 Å². The van der Waals surface area contributed by atoms with E-state index in [9.17, 15) is 9.59 Å². The average molecular weight is 455 g/mol. The summed E-state index contributed by atoms with van der Waals surface area (Å²) in [4.78, 5) is 27.2. The van der Waals surface area contributed by atoms with Crippen LogP contribution in [0.1, 0.15) is 36.8 Å². The Morgan fingerprint density at radius 2 is 1.76 bits per heavy atom. The highest BCUT2D eigenvalue weighted by Crippen LogP contribution is 2.51. The van der Waals surface area contributed by atoms with Crippen molar-refractivity contribution >= 4 is 23.2 Å². The van der Waals surface area contributed by atoms with Crippen molar-refractivity contribution < 1.29 is 19.1 Å². The molecule has 6 nitrogen and oxygen atoms in total. The van der Waals surface area contributed by atoms with Crippen molar-refractivity contribution in [3.63, 3.8) is 0 Å². The van der Waals surface area contributed by atoms with Crippen molar-refractivity contribution in [3.8, 4) is 22.6 Å². The number of benzene rings is 3. The second-order valence-corrected chi connectivity index (χ2v) is 9.33. The molecule has 0 bridgehead atoms. The van der Waals surface area contributed by atoms with E-state index < -0.39 is 5.41 Å². The summed E-state index contributed by atoms with van der Waals surface area (Å²) < 4.78 is 10.9. The van der Waals surface area contributed by atoms with Gasteiger partial charge in [-0.2, -0.15) is 0 Å². The van der Waals surface area contributed by atoms with Crippen LogP contribution in [0.4, 0.5) is 11.4 Å². The lowest BCUT2D eigenvalue weighted by Gasteiger charge is -2.18. The molecular formula is C28H26N2O4. The summed E-state index contributed by atoms with van der Waals surface area (Å²) in [6.07, 6.45) is 3.16. The lowest BCUT2D eigenvalue weighted by atomic mass is 9.94. The Balaban J connectivity index is 1.23. The van der Waals surface area contributed by atoms with Crippen LogP contribution >= 0.6 is 0 Å². The number of carbonyl (C=O) groups excluding carboxylic acids is 2. The SMILES string of the molecule is Cc1ccc(NC(=O)C2(c3ccc4c(c3)OCO4)CC2)cc1-c1ccc(N2CCCC2=O)cc1. The predicted molar refractivity (Wildman–Crippen MR) is 130 cm³/mol. The summed E-state index contributed by atoms with van der Waals surface area (Å²) in [6.45, 7) is 3.07. The highest BCUT2D eigenvalue weighted by Gasteiger charge is 2.51. The van der Waals surface area contributed by atoms with E-state index in [1.807, 2.05) is 65.6 Å². The quantitative estimate of drug-likeness (QED) is 0.576. The van der Waals surface area contributed by atoms with E-state index in [1.54, 1.807) is 0 Å². The van der Waals surface area contributed by atoms with Gasteiger partial charge in [-0.05, 0) is 84.8 Å². The van der Waals surface area contributed by atoms with Crippen LogP contribution in [0.3, 0.4) is 0 Å². The standard InChI is InChI=1S/C28H26N2O4/c1-18-4-8-21(16-23(18)19-5-9-22(10-6-19)30-14-2-3-26(30)31)29-27(32)28(12-13-28)20-7-11-24-25(15-20)34-17-33-24/h4-11,15-16H,2-3,12-14,17H2,1H3,(H,29,32). The Morgan fingerprint density at radius 1 is 0.971 bits per heavy atom. The molecule has 2 heterocycles. The minimum atomic E-state index is -0.518. The Morgan fingerprint density at radius 3 is 2.50 bits per heavy atom. The number of rotatable bonds is 5. The second kappa shape index (κ2) is 7.90. The molecule has 0 atom stereocenters. The zero-order chi connectivity index (χ0) is 23.3. The molecule has 172 valence electrons. The minimum Gasteiger partial charge on any atom is -0.454 e. The molecule has 0 unspecified atom stereocenters. The van der Waals surface area contributed by atoms with Gasteiger partial charge in [-0.1, -0.05) is 24.3 Å². The highest BCUT2D eigenvalue weighted by molar-refractivity contribution is 6.02. The molecule has 0 radical (unpaired) electrons. The van der Waals surface area contributed by atoms with Crippen molar-refractivity contribution in [2.75, 3.05) is 23.6 Å². The number of nitrogens with zero attached hydrogens (tertiary/aromatic N) is 1. The minimum absolute atomic E-state index is 0.00376. The van der Waals surface area contributed by atoms with Crippen LogP contribution in [-0.4, -0.2) is 25.2 Å². The topological polar surface area (TPSA) is 67.9 Å². The summed E-state index contributed by atoms with van der Waals surface area (Å²) >= 11 is 0. The molecule has 1 saturated carbocycles. The predicted octanol–water partition coefficient (Wildman–Crippen LogP) is 5.19. The first-order chi connectivity index (χ1) is 16.5. The van der Waals surface area contributed by atoms with E-state index in [2.05, 4.69) is 12.2 Å². The smallest absolute Gasteiger partial charge is 0.235 e. The molecule has 3 aromatic carbocycles. The third-order valence-corrected chi connectivity index (χ3v) is 7.17. The van der Waals surface area contributed by atoms with Crippen molar-refractivity contribution in [1.82, 2.24) is 0 Å². The lowest BCUT2D eigenvalue weighted by Crippen LogP contribution is -2.27. The van der Waals surface area contributed by atoms with Gasteiger partial charge < -0.3 is 19.7 Å². The average Bonchev–Trinajstić information content (AvgIpc) is 3.34.